The van der Waals surface area contributed by atoms with Crippen molar-refractivity contribution in [3.05, 3.63) is 42.0 Å². The van der Waals surface area contributed by atoms with Crippen LogP contribution in [0, 0.1) is 0 Å². The maximum absolute atomic E-state index is 4.42. The van der Waals surface area contributed by atoms with Crippen molar-refractivity contribution in [3.8, 4) is 0 Å². The van der Waals surface area contributed by atoms with E-state index < -0.39 is 0 Å². The van der Waals surface area contributed by atoms with Crippen molar-refractivity contribution in [3.63, 3.8) is 0 Å². The molecule has 0 N–H and O–H groups in total. The highest BCUT2D eigenvalue weighted by molar-refractivity contribution is 6.11. The molecule has 2 aliphatic rings. The van der Waals surface area contributed by atoms with Gasteiger partial charge in [0.15, 0.2) is 5.84 Å². The van der Waals surface area contributed by atoms with Crippen molar-refractivity contribution in [2.45, 2.75) is 13.5 Å². The number of hydrogen-bond acceptors (Lipinski definition) is 5. The van der Waals surface area contributed by atoms with Crippen molar-refractivity contribution in [1.29, 1.82) is 0 Å². The van der Waals surface area contributed by atoms with Crippen LogP contribution in [0.2, 0.25) is 0 Å². The van der Waals surface area contributed by atoms with Gasteiger partial charge < -0.3 is 9.80 Å². The van der Waals surface area contributed by atoms with Gasteiger partial charge in [0.05, 0.1) is 18.9 Å². The zero-order valence-electron chi connectivity index (χ0n) is 10.5. The molecule has 18 heavy (non-hydrogen) atoms. The highest BCUT2D eigenvalue weighted by atomic mass is 15.4. The first kappa shape index (κ1) is 11.0. The second-order valence-electron chi connectivity index (χ2n) is 4.52. The van der Waals surface area contributed by atoms with E-state index in [2.05, 4.69) is 31.0 Å². The van der Waals surface area contributed by atoms with Gasteiger partial charge in [-0.1, -0.05) is 6.07 Å². The quantitative estimate of drug-likeness (QED) is 0.787. The maximum Gasteiger partial charge on any atom is 0.159 e. The van der Waals surface area contributed by atoms with Gasteiger partial charge in [-0.25, -0.2) is 9.98 Å². The molecule has 0 amide bonds. The molecule has 0 radical (unpaired) electrons. The van der Waals surface area contributed by atoms with E-state index in [1.807, 2.05) is 38.4 Å². The molecule has 5 heteroatoms. The number of likely N-dealkylation sites (N-methyl/N-ethyl adjacent to an activating group) is 1. The molecule has 0 aromatic carbocycles. The van der Waals surface area contributed by atoms with E-state index in [9.17, 15) is 0 Å². The summed E-state index contributed by atoms with van der Waals surface area (Å²) < 4.78 is 0. The van der Waals surface area contributed by atoms with Crippen molar-refractivity contribution in [1.82, 2.24) is 14.8 Å². The van der Waals surface area contributed by atoms with Gasteiger partial charge in [0.25, 0.3) is 0 Å². The van der Waals surface area contributed by atoms with Gasteiger partial charge in [0, 0.05) is 19.4 Å². The summed E-state index contributed by atoms with van der Waals surface area (Å²) in [5.41, 5.74) is 2.00. The Morgan fingerprint density at radius 1 is 1.28 bits per heavy atom. The number of aromatic nitrogens is 1. The lowest BCUT2D eigenvalue weighted by Crippen LogP contribution is -2.40. The fourth-order valence-electron chi connectivity index (χ4n) is 2.18. The predicted octanol–water partition coefficient (Wildman–Crippen LogP) is 1.46. The number of rotatable bonds is 2. The van der Waals surface area contributed by atoms with E-state index in [4.69, 9.17) is 0 Å². The van der Waals surface area contributed by atoms with Crippen LogP contribution in [0.3, 0.4) is 0 Å². The van der Waals surface area contributed by atoms with Crippen LogP contribution in [-0.4, -0.2) is 40.2 Å². The maximum atomic E-state index is 4.42. The lowest BCUT2D eigenvalue weighted by atomic mass is 10.3. The second-order valence-corrected chi connectivity index (χ2v) is 4.52. The molecule has 3 rings (SSSR count). The molecule has 2 aliphatic heterocycles. The van der Waals surface area contributed by atoms with Gasteiger partial charge in [-0.2, -0.15) is 0 Å². The first-order valence-corrected chi connectivity index (χ1v) is 5.93. The summed E-state index contributed by atoms with van der Waals surface area (Å²) in [6, 6.07) is 5.97. The Bertz CT molecular complexity index is 544. The summed E-state index contributed by atoms with van der Waals surface area (Å²) in [6.45, 7) is 3.52. The summed E-state index contributed by atoms with van der Waals surface area (Å²) in [4.78, 5) is 17.5. The standard InChI is InChI=1S/C13H15N5/c1-10-15-12-8-18(9-17(2)13(12)16-10)7-11-5-3-4-6-14-11/h3-6,8H,7,9H2,1-2H3. The molecular weight excluding hydrogens is 226 g/mol. The summed E-state index contributed by atoms with van der Waals surface area (Å²) in [5, 5.41) is 0. The minimum absolute atomic E-state index is 0.788. The van der Waals surface area contributed by atoms with Crippen molar-refractivity contribution in [2.75, 3.05) is 13.7 Å². The van der Waals surface area contributed by atoms with Gasteiger partial charge in [0.2, 0.25) is 0 Å². The number of pyridine rings is 1. The molecule has 0 atom stereocenters. The number of hydrogen-bond donors (Lipinski definition) is 0. The molecule has 92 valence electrons. The van der Waals surface area contributed by atoms with Crippen LogP contribution in [0.5, 0.6) is 0 Å². The van der Waals surface area contributed by atoms with Crippen LogP contribution >= 0.6 is 0 Å². The van der Waals surface area contributed by atoms with Crippen molar-refractivity contribution in [2.24, 2.45) is 9.98 Å². The third kappa shape index (κ3) is 1.99. The van der Waals surface area contributed by atoms with Crippen LogP contribution in [0.4, 0.5) is 0 Å². The third-order valence-corrected chi connectivity index (χ3v) is 2.93. The number of aliphatic imine (C=N–C) groups is 2. The molecular formula is C13H15N5. The Labute approximate surface area is 106 Å². The summed E-state index contributed by atoms with van der Waals surface area (Å²) >= 11 is 0. The molecule has 3 heterocycles. The van der Waals surface area contributed by atoms with Gasteiger partial charge >= 0.3 is 0 Å². The molecule has 1 aromatic heterocycles. The fourth-order valence-corrected chi connectivity index (χ4v) is 2.18. The molecule has 1 aromatic rings. The van der Waals surface area contributed by atoms with E-state index in [0.717, 1.165) is 36.3 Å². The SMILES string of the molecule is CC1=NC2=CN(Cc3ccccn3)CN(C)C2=N1. The van der Waals surface area contributed by atoms with Crippen molar-refractivity contribution < 1.29 is 0 Å². The first-order valence-electron chi connectivity index (χ1n) is 5.93. The average molecular weight is 241 g/mol. The van der Waals surface area contributed by atoms with E-state index in [0.29, 0.717) is 0 Å². The lowest BCUT2D eigenvalue weighted by molar-refractivity contribution is 0.253. The molecule has 0 saturated carbocycles. The van der Waals surface area contributed by atoms with Gasteiger partial charge in [0.1, 0.15) is 11.5 Å². The minimum Gasteiger partial charge on any atom is -0.352 e. The van der Waals surface area contributed by atoms with E-state index in [1.165, 1.54) is 0 Å². The van der Waals surface area contributed by atoms with Crippen LogP contribution in [0.15, 0.2) is 46.3 Å². The summed E-state index contributed by atoms with van der Waals surface area (Å²) in [7, 11) is 2.03. The van der Waals surface area contributed by atoms with Crippen LogP contribution in [0.1, 0.15) is 12.6 Å². The zero-order chi connectivity index (χ0) is 12.5. The Balaban J connectivity index is 1.82. The monoisotopic (exact) mass is 241 g/mol. The topological polar surface area (TPSA) is 44.1 Å². The van der Waals surface area contributed by atoms with Crippen LogP contribution in [-0.2, 0) is 6.54 Å². The molecule has 0 bridgehead atoms. The molecule has 0 unspecified atom stereocenters. The normalized spacial score (nSPS) is 18.2. The lowest BCUT2D eigenvalue weighted by Gasteiger charge is -2.32. The Morgan fingerprint density at radius 3 is 2.94 bits per heavy atom. The van der Waals surface area contributed by atoms with Gasteiger partial charge in [-0.05, 0) is 19.1 Å². The highest BCUT2D eigenvalue weighted by Gasteiger charge is 2.24. The zero-order valence-corrected chi connectivity index (χ0v) is 10.5. The number of fused-ring (bicyclic) bond motifs is 1. The Hall–Kier alpha value is -2.17. The molecule has 0 saturated heterocycles. The predicted molar refractivity (Wildman–Crippen MR) is 71.0 cm³/mol. The van der Waals surface area contributed by atoms with Crippen LogP contribution in [0.25, 0.3) is 0 Å². The first-order chi connectivity index (χ1) is 8.72. The second kappa shape index (κ2) is 4.25. The number of amidine groups is 2. The van der Waals surface area contributed by atoms with E-state index in [1.54, 1.807) is 0 Å². The van der Waals surface area contributed by atoms with Crippen LogP contribution < -0.4 is 0 Å². The van der Waals surface area contributed by atoms with Gasteiger partial charge in [-0.15, -0.1) is 0 Å². The smallest absolute Gasteiger partial charge is 0.159 e. The number of nitrogens with zero attached hydrogens (tertiary/aromatic N) is 5. The fraction of sp³-hybridized carbons (Fsp3) is 0.308. The summed E-state index contributed by atoms with van der Waals surface area (Å²) in [5.74, 6) is 1.78. The molecule has 0 spiro atoms. The molecule has 5 nitrogen and oxygen atoms in total. The van der Waals surface area contributed by atoms with Gasteiger partial charge in [-0.3, -0.25) is 4.98 Å². The minimum atomic E-state index is 0.788. The summed E-state index contributed by atoms with van der Waals surface area (Å²) in [6.07, 6.45) is 3.88. The molecule has 0 aliphatic carbocycles. The highest BCUT2D eigenvalue weighted by Crippen LogP contribution is 2.19. The molecule has 0 fully saturated rings. The Kier molecular flexibility index (Phi) is 2.59. The third-order valence-electron chi connectivity index (χ3n) is 2.93. The Morgan fingerprint density at radius 2 is 2.17 bits per heavy atom. The average Bonchev–Trinajstić information content (AvgIpc) is 2.72. The van der Waals surface area contributed by atoms with E-state index in [-0.39, 0.29) is 0 Å². The van der Waals surface area contributed by atoms with Crippen molar-refractivity contribution >= 4 is 11.7 Å². The van der Waals surface area contributed by atoms with E-state index >= 15 is 0 Å². The largest absolute Gasteiger partial charge is 0.352 e.